The number of ether oxygens (including phenoxy) is 2. The molecule has 0 atom stereocenters. The largest absolute Gasteiger partial charge is 0.506 e. The Morgan fingerprint density at radius 3 is 1.63 bits per heavy atom. The average Bonchev–Trinajstić information content (AvgIpc) is 2.76. The summed E-state index contributed by atoms with van der Waals surface area (Å²) in [7, 11) is 0. The molecule has 3 rings (SSSR count). The highest BCUT2D eigenvalue weighted by atomic mass is 16.5. The number of allylic oxidation sites excluding steroid dienone is 12. The molecular weight excluding hydrogens is 472 g/mol. The molecule has 0 saturated heterocycles. The molecule has 2 aliphatic heterocycles. The van der Waals surface area contributed by atoms with E-state index in [2.05, 4.69) is 95.2 Å². The zero-order valence-corrected chi connectivity index (χ0v) is 26.1. The Morgan fingerprint density at radius 2 is 1.24 bits per heavy atom. The minimum Gasteiger partial charge on any atom is -0.506 e. The molecule has 4 nitrogen and oxygen atoms in total. The monoisotopic (exact) mass is 520 g/mol. The van der Waals surface area contributed by atoms with Crippen LogP contribution in [0.25, 0.3) is 0 Å². The summed E-state index contributed by atoms with van der Waals surface area (Å²) in [6.45, 7) is 29.3. The van der Waals surface area contributed by atoms with E-state index >= 15 is 0 Å². The molecule has 0 amide bonds. The lowest BCUT2D eigenvalue weighted by molar-refractivity contribution is -0.113. The number of hydrogen-bond donors (Lipinski definition) is 1. The zero-order valence-electron chi connectivity index (χ0n) is 26.1. The van der Waals surface area contributed by atoms with Gasteiger partial charge in [-0.3, -0.25) is 4.79 Å². The van der Waals surface area contributed by atoms with Crippen molar-refractivity contribution in [3.05, 3.63) is 81.0 Å². The zero-order chi connectivity index (χ0) is 29.2. The second-order valence-corrected chi connectivity index (χ2v) is 15.0. The van der Waals surface area contributed by atoms with E-state index in [0.29, 0.717) is 11.1 Å². The van der Waals surface area contributed by atoms with Crippen molar-refractivity contribution in [3.8, 4) is 0 Å². The normalized spacial score (nSPS) is 22.5. The van der Waals surface area contributed by atoms with E-state index in [1.807, 2.05) is 26.2 Å². The third-order valence-corrected chi connectivity index (χ3v) is 7.38. The number of carbonyl (C=O) groups excluding carboxylic acids is 1. The van der Waals surface area contributed by atoms with E-state index in [9.17, 15) is 9.90 Å². The highest BCUT2D eigenvalue weighted by Gasteiger charge is 2.41. The third-order valence-electron chi connectivity index (χ3n) is 7.38. The molecule has 3 aliphatic rings. The maximum absolute atomic E-state index is 13.7. The van der Waals surface area contributed by atoms with E-state index in [-0.39, 0.29) is 39.1 Å². The third kappa shape index (κ3) is 5.65. The summed E-state index contributed by atoms with van der Waals surface area (Å²) in [5.41, 5.74) is 3.61. The van der Waals surface area contributed by atoms with Gasteiger partial charge in [-0.1, -0.05) is 83.1 Å². The van der Waals surface area contributed by atoms with Crippen molar-refractivity contribution < 1.29 is 19.4 Å². The first-order chi connectivity index (χ1) is 17.0. The highest BCUT2D eigenvalue weighted by molar-refractivity contribution is 6.22. The van der Waals surface area contributed by atoms with Gasteiger partial charge < -0.3 is 14.6 Å². The number of ketones is 1. The summed E-state index contributed by atoms with van der Waals surface area (Å²) < 4.78 is 12.3. The van der Waals surface area contributed by atoms with E-state index in [1.165, 1.54) is 0 Å². The number of aliphatic hydroxyl groups is 1. The number of rotatable bonds is 2. The van der Waals surface area contributed by atoms with E-state index in [0.717, 1.165) is 39.6 Å². The van der Waals surface area contributed by atoms with Crippen LogP contribution in [0.2, 0.25) is 0 Å². The van der Waals surface area contributed by atoms with Crippen LogP contribution in [-0.4, -0.2) is 10.9 Å². The van der Waals surface area contributed by atoms with Gasteiger partial charge in [0.25, 0.3) is 0 Å². The lowest BCUT2D eigenvalue weighted by Gasteiger charge is -2.36. The minimum atomic E-state index is -0.196. The van der Waals surface area contributed by atoms with Crippen LogP contribution in [0.4, 0.5) is 0 Å². The van der Waals surface area contributed by atoms with Gasteiger partial charge in [0.1, 0.15) is 23.0 Å². The lowest BCUT2D eigenvalue weighted by atomic mass is 9.73. The Hall–Kier alpha value is -2.75. The Morgan fingerprint density at radius 1 is 0.763 bits per heavy atom. The second-order valence-electron chi connectivity index (χ2n) is 15.0. The first-order valence-electron chi connectivity index (χ1n) is 13.7. The van der Waals surface area contributed by atoms with Crippen LogP contribution >= 0.6 is 0 Å². The molecule has 2 heterocycles. The Bertz CT molecular complexity index is 1230. The van der Waals surface area contributed by atoms with Gasteiger partial charge in [-0.25, -0.2) is 0 Å². The summed E-state index contributed by atoms with van der Waals surface area (Å²) in [6.07, 6.45) is 8.01. The van der Waals surface area contributed by atoms with Gasteiger partial charge in [0, 0.05) is 27.7 Å². The molecule has 0 spiro atoms. The molecule has 0 radical (unpaired) electrons. The van der Waals surface area contributed by atoms with Crippen LogP contribution in [0, 0.1) is 27.6 Å². The predicted octanol–water partition coefficient (Wildman–Crippen LogP) is 9.41. The Labute approximate surface area is 230 Å². The number of hydrogen-bond acceptors (Lipinski definition) is 4. The van der Waals surface area contributed by atoms with Gasteiger partial charge in [0.05, 0.1) is 17.4 Å². The molecule has 1 aliphatic carbocycles. The van der Waals surface area contributed by atoms with Crippen LogP contribution in [0.3, 0.4) is 0 Å². The summed E-state index contributed by atoms with van der Waals surface area (Å²) in [5.74, 6) is 2.42. The molecule has 0 fully saturated rings. The lowest BCUT2D eigenvalue weighted by Crippen LogP contribution is -2.29. The Balaban J connectivity index is 2.17. The van der Waals surface area contributed by atoms with Crippen molar-refractivity contribution in [2.75, 3.05) is 0 Å². The molecule has 0 unspecified atom stereocenters. The van der Waals surface area contributed by atoms with Crippen LogP contribution in [-0.2, 0) is 14.3 Å². The fourth-order valence-corrected chi connectivity index (χ4v) is 4.75. The molecule has 38 heavy (non-hydrogen) atoms. The van der Waals surface area contributed by atoms with Gasteiger partial charge in [-0.15, -0.1) is 0 Å². The van der Waals surface area contributed by atoms with Crippen molar-refractivity contribution in [2.45, 2.75) is 96.9 Å². The molecule has 1 N–H and O–H groups in total. The van der Waals surface area contributed by atoms with Gasteiger partial charge in [0.2, 0.25) is 5.78 Å². The van der Waals surface area contributed by atoms with Crippen molar-refractivity contribution in [1.82, 2.24) is 0 Å². The fraction of sp³-hybridized carbons (Fsp3) is 0.559. The summed E-state index contributed by atoms with van der Waals surface area (Å²) in [4.78, 5) is 13.7. The molecule has 4 heteroatoms. The van der Waals surface area contributed by atoms with E-state index in [1.54, 1.807) is 0 Å². The maximum Gasteiger partial charge on any atom is 0.200 e. The highest BCUT2D eigenvalue weighted by Crippen LogP contribution is 2.47. The first-order valence-corrected chi connectivity index (χ1v) is 13.7. The second kappa shape index (κ2) is 9.47. The van der Waals surface area contributed by atoms with Gasteiger partial charge >= 0.3 is 0 Å². The van der Waals surface area contributed by atoms with E-state index < -0.39 is 0 Å². The quantitative estimate of drug-likeness (QED) is 0.368. The molecule has 0 bridgehead atoms. The topological polar surface area (TPSA) is 55.8 Å². The molecule has 0 saturated carbocycles. The van der Waals surface area contributed by atoms with Crippen molar-refractivity contribution in [1.29, 1.82) is 0 Å². The smallest absolute Gasteiger partial charge is 0.200 e. The number of Topliss-reactive ketones (excluding diaryl/α,β-unsaturated/α-hetero) is 1. The maximum atomic E-state index is 13.7. The molecular formula is C34H48O4. The summed E-state index contributed by atoms with van der Waals surface area (Å²) in [6, 6.07) is 0. The van der Waals surface area contributed by atoms with Crippen LogP contribution in [0.15, 0.2) is 81.0 Å². The summed E-state index contributed by atoms with van der Waals surface area (Å²) in [5, 5.41) is 11.3. The average molecular weight is 521 g/mol. The predicted molar refractivity (Wildman–Crippen MR) is 156 cm³/mol. The Kier molecular flexibility index (Phi) is 7.42. The molecule has 0 aromatic carbocycles. The first kappa shape index (κ1) is 29.8. The van der Waals surface area contributed by atoms with Gasteiger partial charge in [-0.2, -0.15) is 0 Å². The number of aliphatic hydroxyl groups excluding tert-OH is 1. The van der Waals surface area contributed by atoms with Crippen LogP contribution < -0.4 is 0 Å². The fourth-order valence-electron chi connectivity index (χ4n) is 4.75. The standard InChI is InChI=1S/C34H48O4/c1-19(21-15-25(33(9,10)11)38-26(16-21)34(12,13)14)27-29(35)28(30(27)36)20(2)22-17-24(32(6,7)8)37-18-23(22)31(3,4)5/h15-18,21,35H,1-14H3/b22-20+,27-19+. The number of carbonyl (C=O) groups is 1. The molecule has 0 aromatic heterocycles. The minimum absolute atomic E-state index is 0.0749. The van der Waals surface area contributed by atoms with Crippen molar-refractivity contribution in [3.63, 3.8) is 0 Å². The molecule has 0 aromatic rings. The summed E-state index contributed by atoms with van der Waals surface area (Å²) >= 11 is 0. The van der Waals surface area contributed by atoms with Crippen molar-refractivity contribution in [2.24, 2.45) is 27.6 Å². The van der Waals surface area contributed by atoms with Crippen LogP contribution in [0.1, 0.15) is 96.9 Å². The van der Waals surface area contributed by atoms with Gasteiger partial charge in [0.15, 0.2) is 0 Å². The van der Waals surface area contributed by atoms with Crippen LogP contribution in [0.5, 0.6) is 0 Å². The van der Waals surface area contributed by atoms with Crippen molar-refractivity contribution >= 4 is 5.78 Å². The SMILES string of the molecule is C/C(C1=C(O)/C(=C(/C)C2C=C(C(C)(C)C)OC(C(C)(C)C)=C2)C1=O)=C1/C=C(C(C)(C)C)OC=C1C(C)(C)C. The molecule has 208 valence electrons. The van der Waals surface area contributed by atoms with E-state index in [4.69, 9.17) is 9.47 Å². The van der Waals surface area contributed by atoms with Gasteiger partial charge in [-0.05, 0) is 54.2 Å².